The lowest BCUT2D eigenvalue weighted by Crippen LogP contribution is -2.29. The number of rotatable bonds is 5. The summed E-state index contributed by atoms with van der Waals surface area (Å²) in [4.78, 5) is 17.2. The van der Waals surface area contributed by atoms with E-state index in [1.165, 1.54) is 0 Å². The molecule has 1 N–H and O–H groups in total. The van der Waals surface area contributed by atoms with Gasteiger partial charge in [-0.25, -0.2) is 4.98 Å². The number of carbonyl (C=O) groups is 1. The normalized spacial score (nSPS) is 12.2. The number of methoxy groups -OCH3 is 1. The van der Waals surface area contributed by atoms with Gasteiger partial charge in [-0.1, -0.05) is 6.92 Å². The Morgan fingerprint density at radius 2 is 2.20 bits per heavy atom. The SMILES string of the molecule is COc1ccc2c(N(C)CC(C)C(=O)O)nccc2c1. The molecule has 2 rings (SSSR count). The van der Waals surface area contributed by atoms with E-state index in [0.29, 0.717) is 6.54 Å². The van der Waals surface area contributed by atoms with Gasteiger partial charge >= 0.3 is 5.97 Å². The van der Waals surface area contributed by atoms with Crippen molar-refractivity contribution < 1.29 is 14.6 Å². The molecule has 0 aliphatic heterocycles. The van der Waals surface area contributed by atoms with E-state index in [0.717, 1.165) is 22.3 Å². The lowest BCUT2D eigenvalue weighted by molar-refractivity contribution is -0.140. The first-order valence-corrected chi connectivity index (χ1v) is 6.39. The molecule has 0 fully saturated rings. The molecule has 1 aromatic heterocycles. The number of aromatic nitrogens is 1. The van der Waals surface area contributed by atoms with Gasteiger partial charge in [-0.3, -0.25) is 4.79 Å². The zero-order chi connectivity index (χ0) is 14.7. The molecule has 0 aliphatic carbocycles. The van der Waals surface area contributed by atoms with E-state index in [1.807, 2.05) is 36.2 Å². The molecule has 0 saturated heterocycles. The van der Waals surface area contributed by atoms with Crippen LogP contribution in [0.4, 0.5) is 5.82 Å². The number of anilines is 1. The first-order valence-electron chi connectivity index (χ1n) is 6.39. The van der Waals surface area contributed by atoms with Crippen molar-refractivity contribution in [1.82, 2.24) is 4.98 Å². The topological polar surface area (TPSA) is 62.7 Å². The highest BCUT2D eigenvalue weighted by molar-refractivity contribution is 5.93. The monoisotopic (exact) mass is 274 g/mol. The molecule has 5 nitrogen and oxygen atoms in total. The standard InChI is InChI=1S/C15H18N2O3/c1-10(15(18)19)9-17(2)14-13-5-4-12(20-3)8-11(13)6-7-16-14/h4-8,10H,9H2,1-3H3,(H,18,19). The van der Waals surface area contributed by atoms with E-state index in [2.05, 4.69) is 4.98 Å². The average molecular weight is 274 g/mol. The highest BCUT2D eigenvalue weighted by atomic mass is 16.5. The van der Waals surface area contributed by atoms with Crippen LogP contribution in [0.3, 0.4) is 0 Å². The molecule has 0 radical (unpaired) electrons. The van der Waals surface area contributed by atoms with Crippen LogP contribution in [0, 0.1) is 5.92 Å². The van der Waals surface area contributed by atoms with Gasteiger partial charge in [0.2, 0.25) is 0 Å². The number of aliphatic carboxylic acids is 1. The summed E-state index contributed by atoms with van der Waals surface area (Å²) in [6.45, 7) is 2.10. The first-order chi connectivity index (χ1) is 9.52. The fourth-order valence-electron chi connectivity index (χ4n) is 2.15. The number of nitrogens with zero attached hydrogens (tertiary/aromatic N) is 2. The molecule has 1 unspecified atom stereocenters. The van der Waals surface area contributed by atoms with Crippen LogP contribution in [0.5, 0.6) is 5.75 Å². The first kappa shape index (κ1) is 14.1. The van der Waals surface area contributed by atoms with Crippen molar-refractivity contribution in [2.75, 3.05) is 25.6 Å². The van der Waals surface area contributed by atoms with Gasteiger partial charge in [0.15, 0.2) is 0 Å². The van der Waals surface area contributed by atoms with Crippen LogP contribution in [0.2, 0.25) is 0 Å². The number of carboxylic acid groups (broad SMARTS) is 1. The number of hydrogen-bond acceptors (Lipinski definition) is 4. The summed E-state index contributed by atoms with van der Waals surface area (Å²) in [5.41, 5.74) is 0. The maximum Gasteiger partial charge on any atom is 0.308 e. The van der Waals surface area contributed by atoms with Crippen LogP contribution < -0.4 is 9.64 Å². The highest BCUT2D eigenvalue weighted by Crippen LogP contribution is 2.27. The summed E-state index contributed by atoms with van der Waals surface area (Å²) in [5.74, 6) is 0.309. The summed E-state index contributed by atoms with van der Waals surface area (Å²) in [6, 6.07) is 7.67. The fourth-order valence-corrected chi connectivity index (χ4v) is 2.15. The predicted octanol–water partition coefficient (Wildman–Crippen LogP) is 2.40. The summed E-state index contributed by atoms with van der Waals surface area (Å²) in [5, 5.41) is 11.0. The van der Waals surface area contributed by atoms with Crippen molar-refractivity contribution in [1.29, 1.82) is 0 Å². The van der Waals surface area contributed by atoms with Crippen LogP contribution in [-0.4, -0.2) is 36.8 Å². The van der Waals surface area contributed by atoms with Gasteiger partial charge in [-0.2, -0.15) is 0 Å². The molecule has 0 amide bonds. The quantitative estimate of drug-likeness (QED) is 0.907. The lowest BCUT2D eigenvalue weighted by Gasteiger charge is -2.22. The van der Waals surface area contributed by atoms with Crippen molar-refractivity contribution in [3.05, 3.63) is 30.5 Å². The average Bonchev–Trinajstić information content (AvgIpc) is 2.45. The molecule has 106 valence electrons. The van der Waals surface area contributed by atoms with Crippen LogP contribution in [-0.2, 0) is 4.79 Å². The molecule has 0 bridgehead atoms. The second-order valence-electron chi connectivity index (χ2n) is 4.84. The van der Waals surface area contributed by atoms with Crippen LogP contribution in [0.15, 0.2) is 30.5 Å². The summed E-state index contributed by atoms with van der Waals surface area (Å²) < 4.78 is 5.21. The fraction of sp³-hybridized carbons (Fsp3) is 0.333. The van der Waals surface area contributed by atoms with E-state index >= 15 is 0 Å². The van der Waals surface area contributed by atoms with Gasteiger partial charge in [0.1, 0.15) is 11.6 Å². The third kappa shape index (κ3) is 2.82. The maximum absolute atomic E-state index is 10.9. The Morgan fingerprint density at radius 3 is 2.85 bits per heavy atom. The number of pyridine rings is 1. The molecule has 1 heterocycles. The van der Waals surface area contributed by atoms with Crippen molar-refractivity contribution >= 4 is 22.6 Å². The lowest BCUT2D eigenvalue weighted by atomic mass is 10.1. The minimum atomic E-state index is -0.807. The summed E-state index contributed by atoms with van der Waals surface area (Å²) >= 11 is 0. The number of fused-ring (bicyclic) bond motifs is 1. The van der Waals surface area contributed by atoms with Crippen molar-refractivity contribution in [2.45, 2.75) is 6.92 Å². The van der Waals surface area contributed by atoms with E-state index in [9.17, 15) is 4.79 Å². The minimum Gasteiger partial charge on any atom is -0.497 e. The molecule has 2 aromatic rings. The third-order valence-corrected chi connectivity index (χ3v) is 3.28. The van der Waals surface area contributed by atoms with Gasteiger partial charge in [-0.05, 0) is 29.7 Å². The van der Waals surface area contributed by atoms with Gasteiger partial charge in [0.25, 0.3) is 0 Å². The Bertz CT molecular complexity index is 628. The van der Waals surface area contributed by atoms with E-state index in [-0.39, 0.29) is 0 Å². The van der Waals surface area contributed by atoms with E-state index < -0.39 is 11.9 Å². The number of carboxylic acids is 1. The number of ether oxygens (including phenoxy) is 1. The van der Waals surface area contributed by atoms with Gasteiger partial charge in [-0.15, -0.1) is 0 Å². The number of hydrogen-bond donors (Lipinski definition) is 1. The van der Waals surface area contributed by atoms with Gasteiger partial charge in [0, 0.05) is 25.2 Å². The van der Waals surface area contributed by atoms with Crippen LogP contribution >= 0.6 is 0 Å². The van der Waals surface area contributed by atoms with Crippen LogP contribution in [0.25, 0.3) is 10.8 Å². The second-order valence-corrected chi connectivity index (χ2v) is 4.84. The highest BCUT2D eigenvalue weighted by Gasteiger charge is 2.16. The molecule has 1 aromatic carbocycles. The van der Waals surface area contributed by atoms with Crippen molar-refractivity contribution in [3.8, 4) is 5.75 Å². The zero-order valence-electron chi connectivity index (χ0n) is 11.8. The smallest absolute Gasteiger partial charge is 0.308 e. The molecule has 20 heavy (non-hydrogen) atoms. The largest absolute Gasteiger partial charge is 0.497 e. The van der Waals surface area contributed by atoms with Crippen molar-refractivity contribution in [3.63, 3.8) is 0 Å². The Balaban J connectivity index is 2.36. The third-order valence-electron chi connectivity index (χ3n) is 3.28. The minimum absolute atomic E-state index is 0.410. The molecule has 0 aliphatic rings. The maximum atomic E-state index is 10.9. The zero-order valence-corrected chi connectivity index (χ0v) is 11.8. The van der Waals surface area contributed by atoms with Crippen LogP contribution in [0.1, 0.15) is 6.92 Å². The van der Waals surface area contributed by atoms with Crippen molar-refractivity contribution in [2.24, 2.45) is 5.92 Å². The Kier molecular flexibility index (Phi) is 4.08. The van der Waals surface area contributed by atoms with E-state index in [4.69, 9.17) is 9.84 Å². The van der Waals surface area contributed by atoms with Gasteiger partial charge < -0.3 is 14.7 Å². The van der Waals surface area contributed by atoms with Gasteiger partial charge in [0.05, 0.1) is 13.0 Å². The molecule has 5 heteroatoms. The second kappa shape index (κ2) is 5.77. The molecule has 0 saturated carbocycles. The Hall–Kier alpha value is -2.30. The molecular formula is C15H18N2O3. The predicted molar refractivity (Wildman–Crippen MR) is 78.4 cm³/mol. The Labute approximate surface area is 117 Å². The molecular weight excluding hydrogens is 256 g/mol. The molecule has 1 atom stereocenters. The number of benzene rings is 1. The summed E-state index contributed by atoms with van der Waals surface area (Å²) in [7, 11) is 3.48. The Morgan fingerprint density at radius 1 is 1.45 bits per heavy atom. The summed E-state index contributed by atoms with van der Waals surface area (Å²) in [6.07, 6.45) is 1.72. The molecule has 0 spiro atoms. The van der Waals surface area contributed by atoms with E-state index in [1.54, 1.807) is 20.2 Å².